The zero-order chi connectivity index (χ0) is 18.1. The second-order valence-electron chi connectivity index (χ2n) is 6.09. The molecule has 1 aromatic heterocycles. The minimum atomic E-state index is -0.539. The van der Waals surface area contributed by atoms with Gasteiger partial charge in [0.15, 0.2) is 0 Å². The van der Waals surface area contributed by atoms with Gasteiger partial charge in [-0.05, 0) is 54.7 Å². The lowest BCUT2D eigenvalue weighted by atomic mass is 10.1. The summed E-state index contributed by atoms with van der Waals surface area (Å²) in [7, 11) is 0. The Kier molecular flexibility index (Phi) is 3.92. The molecule has 1 amide bonds. The number of nitrogens with one attached hydrogen (secondary N) is 1. The number of carbonyl (C=O) groups is 1. The van der Waals surface area contributed by atoms with Crippen LogP contribution in [0.25, 0.3) is 5.69 Å². The third kappa shape index (κ3) is 2.92. The average Bonchev–Trinajstić information content (AvgIpc) is 3.32. The van der Waals surface area contributed by atoms with E-state index in [4.69, 9.17) is 0 Å². The highest BCUT2D eigenvalue weighted by Crippen LogP contribution is 2.26. The van der Waals surface area contributed by atoms with Crippen molar-refractivity contribution in [3.8, 4) is 5.69 Å². The first kappa shape index (κ1) is 15.9. The topological polar surface area (TPSA) is 103 Å². The minimum absolute atomic E-state index is 0.209. The summed E-state index contributed by atoms with van der Waals surface area (Å²) in [6.07, 6.45) is 5.87. The molecule has 130 valence electrons. The number of nitrogens with zero attached hydrogens (tertiary/aromatic N) is 4. The Morgan fingerprint density at radius 3 is 2.77 bits per heavy atom. The van der Waals surface area contributed by atoms with E-state index < -0.39 is 10.8 Å². The average molecular weight is 349 g/mol. The number of rotatable bonds is 4. The Morgan fingerprint density at radius 1 is 1.15 bits per heavy atom. The molecule has 4 rings (SSSR count). The highest BCUT2D eigenvalue weighted by atomic mass is 16.6. The van der Waals surface area contributed by atoms with Gasteiger partial charge in [0.1, 0.15) is 18.3 Å². The molecule has 1 heterocycles. The van der Waals surface area contributed by atoms with Crippen molar-refractivity contribution in [2.75, 3.05) is 5.32 Å². The van der Waals surface area contributed by atoms with Crippen LogP contribution in [-0.2, 0) is 12.8 Å². The van der Waals surface area contributed by atoms with Crippen molar-refractivity contribution in [2.24, 2.45) is 0 Å². The Hall–Kier alpha value is -3.55. The number of amides is 1. The standard InChI is InChI=1S/C18H15N5O3/c24-18(21-15-6-4-12-2-1-3-13(12)8-15)14-5-7-16(17(9-14)23(25)26)22-11-19-10-20-22/h4-11H,1-3H2,(H,21,24). The van der Waals surface area contributed by atoms with Crippen molar-refractivity contribution in [2.45, 2.75) is 19.3 Å². The molecule has 0 radical (unpaired) electrons. The number of nitro benzene ring substituents is 1. The van der Waals surface area contributed by atoms with Gasteiger partial charge in [0, 0.05) is 17.3 Å². The van der Waals surface area contributed by atoms with Crippen LogP contribution in [-0.4, -0.2) is 25.6 Å². The summed E-state index contributed by atoms with van der Waals surface area (Å²) in [5, 5.41) is 18.1. The molecular formula is C18H15N5O3. The van der Waals surface area contributed by atoms with Crippen LogP contribution in [0, 0.1) is 10.1 Å². The number of carbonyl (C=O) groups excluding carboxylic acids is 1. The molecule has 3 aromatic rings. The Morgan fingerprint density at radius 2 is 2.00 bits per heavy atom. The van der Waals surface area contributed by atoms with Crippen molar-refractivity contribution in [1.82, 2.24) is 14.8 Å². The highest BCUT2D eigenvalue weighted by Gasteiger charge is 2.20. The van der Waals surface area contributed by atoms with E-state index in [2.05, 4.69) is 15.4 Å². The fraction of sp³-hybridized carbons (Fsp3) is 0.167. The first-order chi connectivity index (χ1) is 12.6. The SMILES string of the molecule is O=C(Nc1ccc2c(c1)CCC2)c1ccc(-n2cncn2)c([N+](=O)[O-])c1. The molecule has 0 bridgehead atoms. The monoisotopic (exact) mass is 349 g/mol. The Labute approximate surface area is 148 Å². The normalized spacial score (nSPS) is 12.6. The van der Waals surface area contributed by atoms with Crippen molar-refractivity contribution in [3.63, 3.8) is 0 Å². The summed E-state index contributed by atoms with van der Waals surface area (Å²) in [5.41, 5.74) is 3.50. The maximum absolute atomic E-state index is 12.5. The first-order valence-electron chi connectivity index (χ1n) is 8.18. The van der Waals surface area contributed by atoms with Crippen molar-refractivity contribution in [1.29, 1.82) is 0 Å². The lowest BCUT2D eigenvalue weighted by molar-refractivity contribution is -0.384. The van der Waals surface area contributed by atoms with Crippen LogP contribution in [0.2, 0.25) is 0 Å². The lowest BCUT2D eigenvalue weighted by Crippen LogP contribution is -2.13. The minimum Gasteiger partial charge on any atom is -0.322 e. The van der Waals surface area contributed by atoms with Gasteiger partial charge < -0.3 is 5.32 Å². The third-order valence-electron chi connectivity index (χ3n) is 4.46. The van der Waals surface area contributed by atoms with E-state index in [9.17, 15) is 14.9 Å². The molecule has 0 saturated carbocycles. The molecule has 8 heteroatoms. The van der Waals surface area contributed by atoms with Crippen LogP contribution in [0.3, 0.4) is 0 Å². The largest absolute Gasteiger partial charge is 0.322 e. The number of fused-ring (bicyclic) bond motifs is 1. The van der Waals surface area contributed by atoms with E-state index in [0.717, 1.165) is 19.3 Å². The molecule has 26 heavy (non-hydrogen) atoms. The molecular weight excluding hydrogens is 334 g/mol. The molecule has 8 nitrogen and oxygen atoms in total. The molecule has 1 aliphatic rings. The summed E-state index contributed by atoms with van der Waals surface area (Å²) in [4.78, 5) is 27.2. The molecule has 0 spiro atoms. The fourth-order valence-corrected chi connectivity index (χ4v) is 3.19. The fourth-order valence-electron chi connectivity index (χ4n) is 3.19. The first-order valence-corrected chi connectivity index (χ1v) is 8.18. The van der Waals surface area contributed by atoms with Crippen molar-refractivity contribution in [3.05, 3.63) is 75.9 Å². The zero-order valence-corrected chi connectivity index (χ0v) is 13.8. The molecule has 0 saturated heterocycles. The van der Waals surface area contributed by atoms with Crippen LogP contribution in [0.4, 0.5) is 11.4 Å². The van der Waals surface area contributed by atoms with Crippen LogP contribution < -0.4 is 5.32 Å². The van der Waals surface area contributed by atoms with Crippen LogP contribution in [0.5, 0.6) is 0 Å². The maximum Gasteiger partial charge on any atom is 0.295 e. The van der Waals surface area contributed by atoms with E-state index in [1.807, 2.05) is 18.2 Å². The van der Waals surface area contributed by atoms with Gasteiger partial charge in [0.2, 0.25) is 0 Å². The van der Waals surface area contributed by atoms with Gasteiger partial charge in [-0.3, -0.25) is 14.9 Å². The lowest BCUT2D eigenvalue weighted by Gasteiger charge is -2.09. The number of aryl methyl sites for hydroxylation is 2. The van der Waals surface area contributed by atoms with E-state index in [-0.39, 0.29) is 16.9 Å². The summed E-state index contributed by atoms with van der Waals surface area (Å²) in [6.45, 7) is 0. The maximum atomic E-state index is 12.5. The quantitative estimate of drug-likeness (QED) is 0.576. The number of benzene rings is 2. The van der Waals surface area contributed by atoms with Gasteiger partial charge >= 0.3 is 0 Å². The molecule has 0 atom stereocenters. The van der Waals surface area contributed by atoms with Gasteiger partial charge in [-0.1, -0.05) is 6.07 Å². The van der Waals surface area contributed by atoms with E-state index in [1.54, 1.807) is 0 Å². The van der Waals surface area contributed by atoms with Gasteiger partial charge in [0.25, 0.3) is 11.6 Å². The number of nitro groups is 1. The van der Waals surface area contributed by atoms with Gasteiger partial charge in [-0.15, -0.1) is 0 Å². The summed E-state index contributed by atoms with van der Waals surface area (Å²) >= 11 is 0. The van der Waals surface area contributed by atoms with Gasteiger partial charge in [0.05, 0.1) is 4.92 Å². The molecule has 2 aromatic carbocycles. The van der Waals surface area contributed by atoms with E-state index in [1.165, 1.54) is 46.7 Å². The predicted molar refractivity (Wildman–Crippen MR) is 94.4 cm³/mol. The van der Waals surface area contributed by atoms with Gasteiger partial charge in [-0.2, -0.15) is 5.10 Å². The molecule has 0 fully saturated rings. The number of anilines is 1. The number of aromatic nitrogens is 3. The van der Waals surface area contributed by atoms with E-state index in [0.29, 0.717) is 5.69 Å². The molecule has 1 aliphatic carbocycles. The Bertz CT molecular complexity index is 998. The second-order valence-corrected chi connectivity index (χ2v) is 6.09. The second kappa shape index (κ2) is 6.40. The van der Waals surface area contributed by atoms with Crippen LogP contribution in [0.15, 0.2) is 49.1 Å². The van der Waals surface area contributed by atoms with Crippen molar-refractivity contribution < 1.29 is 9.72 Å². The Balaban J connectivity index is 1.62. The predicted octanol–water partition coefficient (Wildman–Crippen LogP) is 2.92. The van der Waals surface area contributed by atoms with Crippen LogP contribution in [0.1, 0.15) is 27.9 Å². The van der Waals surface area contributed by atoms with Gasteiger partial charge in [-0.25, -0.2) is 9.67 Å². The molecule has 0 aliphatic heterocycles. The van der Waals surface area contributed by atoms with E-state index >= 15 is 0 Å². The summed E-state index contributed by atoms with van der Waals surface area (Å²) < 4.78 is 1.29. The summed E-state index contributed by atoms with van der Waals surface area (Å²) in [6, 6.07) is 10.1. The highest BCUT2D eigenvalue weighted by molar-refractivity contribution is 6.05. The molecule has 1 N–H and O–H groups in total. The molecule has 0 unspecified atom stereocenters. The van der Waals surface area contributed by atoms with Crippen LogP contribution >= 0.6 is 0 Å². The number of hydrogen-bond acceptors (Lipinski definition) is 5. The third-order valence-corrected chi connectivity index (χ3v) is 4.46. The van der Waals surface area contributed by atoms with Crippen molar-refractivity contribution >= 4 is 17.3 Å². The summed E-state index contributed by atoms with van der Waals surface area (Å²) in [5.74, 6) is -0.392. The zero-order valence-electron chi connectivity index (χ0n) is 13.8. The number of hydrogen-bond donors (Lipinski definition) is 1. The smallest absolute Gasteiger partial charge is 0.295 e.